The lowest BCUT2D eigenvalue weighted by atomic mass is 9.88. The standard InChI is InChI=1S/C50H36/c1-33-28-49(39-25-26-47-45-19-10-9-17-43(45)44-18-11-12-20-46(44)50(47)32-39)34(2)27-48(33)38-23-21-37(22-24-38)42-30-40(35-13-5-3-6-14-35)29-41(31-42)36-15-7-4-8-16-36/h3-32H,1-2H3. The number of hydrogen-bond donors (Lipinski definition) is 0. The molecule has 0 spiro atoms. The fraction of sp³-hybridized carbons (Fsp3) is 0.0400. The molecule has 0 radical (unpaired) electrons. The number of rotatable bonds is 5. The first-order chi connectivity index (χ1) is 24.6. The molecule has 0 amide bonds. The summed E-state index contributed by atoms with van der Waals surface area (Å²) < 4.78 is 0. The summed E-state index contributed by atoms with van der Waals surface area (Å²) >= 11 is 0. The van der Waals surface area contributed by atoms with E-state index in [2.05, 4.69) is 196 Å². The number of aryl methyl sites for hydroxylation is 2. The normalized spacial score (nSPS) is 11.4. The molecule has 0 N–H and O–H groups in total. The van der Waals surface area contributed by atoms with Crippen molar-refractivity contribution in [1.82, 2.24) is 0 Å². The molecule has 0 atom stereocenters. The highest BCUT2D eigenvalue weighted by atomic mass is 14.2. The van der Waals surface area contributed by atoms with E-state index < -0.39 is 0 Å². The molecule has 236 valence electrons. The van der Waals surface area contributed by atoms with Gasteiger partial charge in [0.1, 0.15) is 0 Å². The van der Waals surface area contributed by atoms with E-state index in [0.717, 1.165) is 0 Å². The maximum Gasteiger partial charge on any atom is -0.00928 e. The molecule has 0 unspecified atom stereocenters. The van der Waals surface area contributed by atoms with E-state index in [-0.39, 0.29) is 0 Å². The predicted octanol–water partition coefficient (Wildman–Crippen LogP) is 14.1. The third-order valence-corrected chi connectivity index (χ3v) is 10.3. The van der Waals surface area contributed by atoms with E-state index in [4.69, 9.17) is 0 Å². The fourth-order valence-corrected chi connectivity index (χ4v) is 7.74. The van der Waals surface area contributed by atoms with Crippen molar-refractivity contribution in [3.8, 4) is 55.6 Å². The fourth-order valence-electron chi connectivity index (χ4n) is 7.74. The second-order valence-corrected chi connectivity index (χ2v) is 13.4. The van der Waals surface area contributed by atoms with E-state index in [9.17, 15) is 0 Å². The summed E-state index contributed by atoms with van der Waals surface area (Å²) in [7, 11) is 0. The minimum atomic E-state index is 1.21. The average molecular weight is 637 g/mol. The molecule has 0 nitrogen and oxygen atoms in total. The molecule has 50 heavy (non-hydrogen) atoms. The van der Waals surface area contributed by atoms with Gasteiger partial charge in [-0.15, -0.1) is 0 Å². The molecule has 0 heterocycles. The van der Waals surface area contributed by atoms with Gasteiger partial charge in [0.25, 0.3) is 0 Å². The molecule has 9 aromatic carbocycles. The predicted molar refractivity (Wildman–Crippen MR) is 216 cm³/mol. The highest BCUT2D eigenvalue weighted by molar-refractivity contribution is 6.25. The van der Waals surface area contributed by atoms with E-state index in [1.54, 1.807) is 0 Å². The van der Waals surface area contributed by atoms with Crippen LogP contribution in [-0.4, -0.2) is 0 Å². The van der Waals surface area contributed by atoms with Crippen molar-refractivity contribution in [2.24, 2.45) is 0 Å². The Morgan fingerprint density at radius 2 is 0.560 bits per heavy atom. The number of hydrogen-bond acceptors (Lipinski definition) is 0. The zero-order chi connectivity index (χ0) is 33.6. The topological polar surface area (TPSA) is 0 Å². The van der Waals surface area contributed by atoms with E-state index in [1.807, 2.05) is 0 Å². The van der Waals surface area contributed by atoms with Crippen LogP contribution in [0.3, 0.4) is 0 Å². The van der Waals surface area contributed by atoms with Crippen LogP contribution >= 0.6 is 0 Å². The molecule has 0 aromatic heterocycles. The number of benzene rings is 9. The van der Waals surface area contributed by atoms with Gasteiger partial charge in [0, 0.05) is 0 Å². The first kappa shape index (κ1) is 29.9. The lowest BCUT2D eigenvalue weighted by molar-refractivity contribution is 1.39. The Morgan fingerprint density at radius 3 is 1.04 bits per heavy atom. The summed E-state index contributed by atoms with van der Waals surface area (Å²) in [5, 5.41) is 7.84. The summed E-state index contributed by atoms with van der Waals surface area (Å²) in [4.78, 5) is 0. The molecule has 0 saturated heterocycles. The van der Waals surface area contributed by atoms with Gasteiger partial charge in [0.05, 0.1) is 0 Å². The Kier molecular flexibility index (Phi) is 7.37. The summed E-state index contributed by atoms with van der Waals surface area (Å²) in [6.45, 7) is 4.49. The van der Waals surface area contributed by atoms with Crippen LogP contribution in [0, 0.1) is 13.8 Å². The largest absolute Gasteiger partial charge is 0.0622 e. The minimum absolute atomic E-state index is 1.21. The monoisotopic (exact) mass is 636 g/mol. The van der Waals surface area contributed by atoms with Crippen LogP contribution in [-0.2, 0) is 0 Å². The Hall–Kier alpha value is -6.24. The van der Waals surface area contributed by atoms with Crippen LogP contribution in [0.1, 0.15) is 11.1 Å². The van der Waals surface area contributed by atoms with Gasteiger partial charge in [0.15, 0.2) is 0 Å². The van der Waals surface area contributed by atoms with Crippen molar-refractivity contribution in [3.63, 3.8) is 0 Å². The third-order valence-electron chi connectivity index (χ3n) is 10.3. The first-order valence-corrected chi connectivity index (χ1v) is 17.4. The van der Waals surface area contributed by atoms with E-state index in [1.165, 1.54) is 99.1 Å². The van der Waals surface area contributed by atoms with Gasteiger partial charge >= 0.3 is 0 Å². The molecule has 0 saturated carbocycles. The summed E-state index contributed by atoms with van der Waals surface area (Å²) in [6.07, 6.45) is 0. The van der Waals surface area contributed by atoms with Crippen molar-refractivity contribution >= 4 is 32.3 Å². The van der Waals surface area contributed by atoms with Gasteiger partial charge in [-0.3, -0.25) is 0 Å². The second-order valence-electron chi connectivity index (χ2n) is 13.4. The van der Waals surface area contributed by atoms with Crippen molar-refractivity contribution in [2.75, 3.05) is 0 Å². The lowest BCUT2D eigenvalue weighted by Gasteiger charge is -2.16. The van der Waals surface area contributed by atoms with Gasteiger partial charge in [-0.05, 0) is 137 Å². The second kappa shape index (κ2) is 12.3. The molecule has 9 aromatic rings. The third kappa shape index (κ3) is 5.27. The van der Waals surface area contributed by atoms with Crippen LogP contribution in [0.2, 0.25) is 0 Å². The van der Waals surface area contributed by atoms with Crippen LogP contribution < -0.4 is 0 Å². The van der Waals surface area contributed by atoms with Gasteiger partial charge in [-0.2, -0.15) is 0 Å². The molecular formula is C50H36. The average Bonchev–Trinajstić information content (AvgIpc) is 3.19. The molecule has 0 aliphatic heterocycles. The molecule has 9 rings (SSSR count). The summed E-state index contributed by atoms with van der Waals surface area (Å²) in [5.41, 5.74) is 14.9. The molecule has 0 aliphatic rings. The van der Waals surface area contributed by atoms with Crippen LogP contribution in [0.25, 0.3) is 88.0 Å². The summed E-state index contributed by atoms with van der Waals surface area (Å²) in [6, 6.07) is 66.7. The molecule has 0 heteroatoms. The zero-order valence-corrected chi connectivity index (χ0v) is 28.3. The Bertz CT molecular complexity index is 2590. The van der Waals surface area contributed by atoms with Gasteiger partial charge in [-0.1, -0.05) is 158 Å². The quantitative estimate of drug-likeness (QED) is 0.165. The van der Waals surface area contributed by atoms with Crippen molar-refractivity contribution in [1.29, 1.82) is 0 Å². The molecule has 0 fully saturated rings. The highest BCUT2D eigenvalue weighted by Crippen LogP contribution is 2.39. The molecule has 0 aliphatic carbocycles. The molecule has 0 bridgehead atoms. The Balaban J connectivity index is 1.09. The van der Waals surface area contributed by atoms with E-state index in [0.29, 0.717) is 0 Å². The molecular weight excluding hydrogens is 601 g/mol. The smallest absolute Gasteiger partial charge is 0.00928 e. The summed E-state index contributed by atoms with van der Waals surface area (Å²) in [5.74, 6) is 0. The van der Waals surface area contributed by atoms with Gasteiger partial charge < -0.3 is 0 Å². The Morgan fingerprint density at radius 1 is 0.220 bits per heavy atom. The highest BCUT2D eigenvalue weighted by Gasteiger charge is 2.13. The minimum Gasteiger partial charge on any atom is -0.0622 e. The van der Waals surface area contributed by atoms with E-state index >= 15 is 0 Å². The van der Waals surface area contributed by atoms with Crippen LogP contribution in [0.4, 0.5) is 0 Å². The van der Waals surface area contributed by atoms with Crippen molar-refractivity contribution in [2.45, 2.75) is 13.8 Å². The maximum atomic E-state index is 2.40. The van der Waals surface area contributed by atoms with Crippen LogP contribution in [0.5, 0.6) is 0 Å². The zero-order valence-electron chi connectivity index (χ0n) is 28.3. The van der Waals surface area contributed by atoms with Gasteiger partial charge in [0.2, 0.25) is 0 Å². The van der Waals surface area contributed by atoms with Crippen LogP contribution in [0.15, 0.2) is 182 Å². The van der Waals surface area contributed by atoms with Crippen molar-refractivity contribution in [3.05, 3.63) is 193 Å². The van der Waals surface area contributed by atoms with Crippen molar-refractivity contribution < 1.29 is 0 Å². The van der Waals surface area contributed by atoms with Gasteiger partial charge in [-0.25, -0.2) is 0 Å². The lowest BCUT2D eigenvalue weighted by Crippen LogP contribution is -1.91. The Labute approximate surface area is 293 Å². The first-order valence-electron chi connectivity index (χ1n) is 17.4. The maximum absolute atomic E-state index is 2.40. The SMILES string of the molecule is Cc1cc(-c2ccc3c4ccccc4c4ccccc4c3c2)c(C)cc1-c1ccc(-c2cc(-c3ccccc3)cc(-c3ccccc3)c2)cc1. The number of fused-ring (bicyclic) bond motifs is 6.